The zero-order valence-corrected chi connectivity index (χ0v) is 14.1. The highest BCUT2D eigenvalue weighted by atomic mass is 32.2. The maximum absolute atomic E-state index is 12.3. The summed E-state index contributed by atoms with van der Waals surface area (Å²) in [5.74, 6) is -0.246. The summed E-state index contributed by atoms with van der Waals surface area (Å²) < 4.78 is 0. The molecule has 1 aromatic heterocycles. The van der Waals surface area contributed by atoms with Gasteiger partial charge in [0.2, 0.25) is 11.8 Å². The van der Waals surface area contributed by atoms with E-state index in [4.69, 9.17) is 5.73 Å². The predicted octanol–water partition coefficient (Wildman–Crippen LogP) is 1.22. The van der Waals surface area contributed by atoms with E-state index in [1.54, 1.807) is 4.90 Å². The van der Waals surface area contributed by atoms with Crippen LogP contribution in [0.3, 0.4) is 0 Å². The highest BCUT2D eigenvalue weighted by molar-refractivity contribution is 7.99. The molecule has 0 radical (unpaired) electrons. The molecule has 1 aliphatic heterocycles. The van der Waals surface area contributed by atoms with Gasteiger partial charge >= 0.3 is 0 Å². The standard InChI is InChI=1S/C15H22N4O2S/c1-9-10(2)17-15(18-11(9)3)22-8-13(20)19-6-4-5-12(7-19)14(16)21/h12H,4-8H2,1-3H3,(H2,16,21)/t12-/m1/s1. The molecule has 1 aromatic rings. The van der Waals surface area contributed by atoms with Crippen molar-refractivity contribution in [1.82, 2.24) is 14.9 Å². The number of amides is 2. The highest BCUT2D eigenvalue weighted by Gasteiger charge is 2.26. The molecular weight excluding hydrogens is 300 g/mol. The van der Waals surface area contributed by atoms with Gasteiger partial charge in [-0.05, 0) is 39.2 Å². The van der Waals surface area contributed by atoms with Crippen molar-refractivity contribution in [3.05, 3.63) is 17.0 Å². The first-order valence-electron chi connectivity index (χ1n) is 7.40. The molecule has 6 nitrogen and oxygen atoms in total. The van der Waals surface area contributed by atoms with Crippen LogP contribution in [0.15, 0.2) is 5.16 Å². The molecule has 22 heavy (non-hydrogen) atoms. The zero-order chi connectivity index (χ0) is 16.3. The second-order valence-electron chi connectivity index (χ2n) is 5.67. The number of aromatic nitrogens is 2. The molecule has 7 heteroatoms. The number of likely N-dealkylation sites (tertiary alicyclic amines) is 1. The van der Waals surface area contributed by atoms with Gasteiger partial charge < -0.3 is 10.6 Å². The topological polar surface area (TPSA) is 89.2 Å². The Hall–Kier alpha value is -1.63. The van der Waals surface area contributed by atoms with Gasteiger partial charge in [0.15, 0.2) is 5.16 Å². The van der Waals surface area contributed by atoms with Crippen LogP contribution in [0.1, 0.15) is 29.8 Å². The SMILES string of the molecule is Cc1nc(SCC(=O)N2CCC[C@@H](C(N)=O)C2)nc(C)c1C. The number of rotatable bonds is 4. The molecule has 2 amide bonds. The number of piperidine rings is 1. The Morgan fingerprint density at radius 1 is 1.27 bits per heavy atom. The lowest BCUT2D eigenvalue weighted by atomic mass is 9.97. The predicted molar refractivity (Wildman–Crippen MR) is 85.5 cm³/mol. The third kappa shape index (κ3) is 3.97. The van der Waals surface area contributed by atoms with E-state index in [0.717, 1.165) is 29.8 Å². The molecule has 0 unspecified atom stereocenters. The smallest absolute Gasteiger partial charge is 0.233 e. The number of hydrogen-bond donors (Lipinski definition) is 1. The van der Waals surface area contributed by atoms with Crippen molar-refractivity contribution >= 4 is 23.6 Å². The van der Waals surface area contributed by atoms with Crippen LogP contribution in [0.4, 0.5) is 0 Å². The van der Waals surface area contributed by atoms with Gasteiger partial charge in [0, 0.05) is 24.5 Å². The van der Waals surface area contributed by atoms with Gasteiger partial charge in [0.1, 0.15) is 0 Å². The summed E-state index contributed by atoms with van der Waals surface area (Å²) in [5, 5.41) is 0.623. The van der Waals surface area contributed by atoms with Crippen molar-refractivity contribution in [3.8, 4) is 0 Å². The lowest BCUT2D eigenvalue weighted by Crippen LogP contribution is -2.44. The van der Waals surface area contributed by atoms with Crippen molar-refractivity contribution in [2.24, 2.45) is 11.7 Å². The van der Waals surface area contributed by atoms with Crippen LogP contribution in [0.2, 0.25) is 0 Å². The first-order valence-corrected chi connectivity index (χ1v) is 8.38. The van der Waals surface area contributed by atoms with Gasteiger partial charge in [-0.3, -0.25) is 9.59 Å². The molecule has 1 aliphatic rings. The molecule has 0 spiro atoms. The monoisotopic (exact) mass is 322 g/mol. The molecule has 1 saturated heterocycles. The van der Waals surface area contributed by atoms with Crippen molar-refractivity contribution in [1.29, 1.82) is 0 Å². The lowest BCUT2D eigenvalue weighted by molar-refractivity contribution is -0.132. The number of carbonyl (C=O) groups excluding carboxylic acids is 2. The maximum Gasteiger partial charge on any atom is 0.233 e. The van der Waals surface area contributed by atoms with E-state index in [1.807, 2.05) is 20.8 Å². The fraction of sp³-hybridized carbons (Fsp3) is 0.600. The number of thioether (sulfide) groups is 1. The van der Waals surface area contributed by atoms with Gasteiger partial charge in [-0.1, -0.05) is 11.8 Å². The first-order chi connectivity index (χ1) is 10.4. The van der Waals surface area contributed by atoms with Gasteiger partial charge in [-0.25, -0.2) is 9.97 Å². The van der Waals surface area contributed by atoms with E-state index in [0.29, 0.717) is 18.2 Å². The highest BCUT2D eigenvalue weighted by Crippen LogP contribution is 2.20. The van der Waals surface area contributed by atoms with Crippen LogP contribution < -0.4 is 5.73 Å². The quantitative estimate of drug-likeness (QED) is 0.665. The van der Waals surface area contributed by atoms with E-state index in [2.05, 4.69) is 9.97 Å². The average Bonchev–Trinajstić information content (AvgIpc) is 2.50. The number of nitrogens with two attached hydrogens (primary N) is 1. The van der Waals surface area contributed by atoms with Crippen LogP contribution in [-0.2, 0) is 9.59 Å². The Kier molecular flexibility index (Phi) is 5.39. The molecule has 2 heterocycles. The van der Waals surface area contributed by atoms with E-state index < -0.39 is 0 Å². The summed E-state index contributed by atoms with van der Waals surface area (Å²) in [7, 11) is 0. The lowest BCUT2D eigenvalue weighted by Gasteiger charge is -2.31. The van der Waals surface area contributed by atoms with Crippen molar-refractivity contribution in [3.63, 3.8) is 0 Å². The molecule has 2 N–H and O–H groups in total. The van der Waals surface area contributed by atoms with Gasteiger partial charge in [0.25, 0.3) is 0 Å². The third-order valence-corrected chi connectivity index (χ3v) is 4.95. The van der Waals surface area contributed by atoms with Crippen molar-refractivity contribution < 1.29 is 9.59 Å². The Labute approximate surface area is 134 Å². The average molecular weight is 322 g/mol. The summed E-state index contributed by atoms with van der Waals surface area (Å²) in [6, 6.07) is 0. The van der Waals surface area contributed by atoms with Gasteiger partial charge in [-0.2, -0.15) is 0 Å². The first kappa shape index (κ1) is 16.7. The minimum atomic E-state index is -0.321. The van der Waals surface area contributed by atoms with E-state index in [-0.39, 0.29) is 23.5 Å². The Bertz CT molecular complexity index is 568. The van der Waals surface area contributed by atoms with Crippen LogP contribution in [-0.4, -0.2) is 45.5 Å². The van der Waals surface area contributed by atoms with Crippen LogP contribution in [0, 0.1) is 26.7 Å². The fourth-order valence-electron chi connectivity index (χ4n) is 2.46. The number of aryl methyl sites for hydroxylation is 2. The molecule has 1 atom stereocenters. The van der Waals surface area contributed by atoms with E-state index in [9.17, 15) is 9.59 Å². The number of carbonyl (C=O) groups is 2. The Balaban J connectivity index is 1.94. The Morgan fingerprint density at radius 3 is 2.50 bits per heavy atom. The summed E-state index contributed by atoms with van der Waals surface area (Å²) in [4.78, 5) is 34.1. The molecule has 0 saturated carbocycles. The second kappa shape index (κ2) is 7.09. The van der Waals surface area contributed by atoms with E-state index >= 15 is 0 Å². The molecule has 2 rings (SSSR count). The maximum atomic E-state index is 12.3. The molecule has 0 aromatic carbocycles. The number of nitrogens with zero attached hydrogens (tertiary/aromatic N) is 3. The van der Waals surface area contributed by atoms with Crippen LogP contribution in [0.25, 0.3) is 0 Å². The second-order valence-corrected chi connectivity index (χ2v) is 6.61. The van der Waals surface area contributed by atoms with Crippen LogP contribution in [0.5, 0.6) is 0 Å². The van der Waals surface area contributed by atoms with Crippen molar-refractivity contribution in [2.45, 2.75) is 38.8 Å². The number of hydrogen-bond acceptors (Lipinski definition) is 5. The normalized spacial score (nSPS) is 18.3. The minimum Gasteiger partial charge on any atom is -0.369 e. The molecular formula is C15H22N4O2S. The number of primary amides is 1. The van der Waals surface area contributed by atoms with Crippen molar-refractivity contribution in [2.75, 3.05) is 18.8 Å². The summed E-state index contributed by atoms with van der Waals surface area (Å²) in [6.07, 6.45) is 1.59. The van der Waals surface area contributed by atoms with E-state index in [1.165, 1.54) is 11.8 Å². The fourth-order valence-corrected chi connectivity index (χ4v) is 3.30. The third-order valence-electron chi connectivity index (χ3n) is 4.11. The molecule has 0 bridgehead atoms. The molecule has 1 fully saturated rings. The minimum absolute atomic E-state index is 0.00966. The largest absolute Gasteiger partial charge is 0.369 e. The molecule has 0 aliphatic carbocycles. The molecule has 120 valence electrons. The van der Waals surface area contributed by atoms with Gasteiger partial charge in [0.05, 0.1) is 11.7 Å². The van der Waals surface area contributed by atoms with Gasteiger partial charge in [-0.15, -0.1) is 0 Å². The summed E-state index contributed by atoms with van der Waals surface area (Å²) in [5.41, 5.74) is 8.30. The summed E-state index contributed by atoms with van der Waals surface area (Å²) in [6.45, 7) is 7.00. The zero-order valence-electron chi connectivity index (χ0n) is 13.3. The Morgan fingerprint density at radius 2 is 1.91 bits per heavy atom. The summed E-state index contributed by atoms with van der Waals surface area (Å²) >= 11 is 1.34. The van der Waals surface area contributed by atoms with Crippen LogP contribution >= 0.6 is 11.8 Å².